The normalized spacial score (nSPS) is 22.9. The molecule has 19 heavy (non-hydrogen) atoms. The lowest BCUT2D eigenvalue weighted by molar-refractivity contribution is 0.494. The largest absolute Gasteiger partial charge is 0.354 e. The van der Waals surface area contributed by atoms with Crippen LogP contribution in [0, 0.1) is 0 Å². The van der Waals surface area contributed by atoms with Crippen LogP contribution in [-0.4, -0.2) is 32.8 Å². The number of hydrogen-bond acceptors (Lipinski definition) is 4. The Morgan fingerprint density at radius 1 is 1.16 bits per heavy atom. The van der Waals surface area contributed by atoms with Crippen LogP contribution in [0.3, 0.4) is 0 Å². The number of anilines is 1. The van der Waals surface area contributed by atoms with Crippen LogP contribution in [0.4, 0.5) is 5.82 Å². The van der Waals surface area contributed by atoms with Gasteiger partial charge in [0.2, 0.25) is 0 Å². The molecule has 2 fully saturated rings. The van der Waals surface area contributed by atoms with Crippen LogP contribution in [0.25, 0.3) is 0 Å². The second-order valence-electron chi connectivity index (χ2n) is 5.45. The first kappa shape index (κ1) is 11.0. The quantitative estimate of drug-likeness (QED) is 0.841. The average molecular weight is 255 g/mol. The lowest BCUT2D eigenvalue weighted by atomic mass is 10.2. The van der Waals surface area contributed by atoms with Crippen LogP contribution in [-0.2, 0) is 0 Å². The highest BCUT2D eigenvalue weighted by molar-refractivity contribution is 5.41. The topological polar surface area (TPSA) is 46.8 Å². The molecule has 1 saturated carbocycles. The predicted molar refractivity (Wildman–Crippen MR) is 72.1 cm³/mol. The Kier molecular flexibility index (Phi) is 2.50. The van der Waals surface area contributed by atoms with Crippen LogP contribution in [0.2, 0.25) is 0 Å². The minimum absolute atomic E-state index is 0.467. The van der Waals surface area contributed by atoms with Gasteiger partial charge in [0.25, 0.3) is 0 Å². The fourth-order valence-electron chi connectivity index (χ4n) is 2.80. The van der Waals surface area contributed by atoms with Gasteiger partial charge in [0.05, 0.1) is 6.04 Å². The fraction of sp³-hybridized carbons (Fsp3) is 0.500. The second-order valence-corrected chi connectivity index (χ2v) is 5.45. The highest BCUT2D eigenvalue weighted by atomic mass is 15.3. The van der Waals surface area contributed by atoms with E-state index in [2.05, 4.69) is 30.7 Å². The first-order chi connectivity index (χ1) is 9.40. The van der Waals surface area contributed by atoms with Crippen LogP contribution in [0.5, 0.6) is 0 Å². The summed E-state index contributed by atoms with van der Waals surface area (Å²) in [4.78, 5) is 11.2. The van der Waals surface area contributed by atoms with Crippen molar-refractivity contribution in [2.45, 2.75) is 31.2 Å². The number of hydrogen-bond donors (Lipinski definition) is 0. The molecule has 0 amide bonds. The molecular formula is C14H17N5. The number of nitrogens with zero attached hydrogens (tertiary/aromatic N) is 5. The van der Waals surface area contributed by atoms with E-state index in [-0.39, 0.29) is 0 Å². The van der Waals surface area contributed by atoms with Crippen LogP contribution in [0.15, 0.2) is 30.9 Å². The molecule has 1 atom stereocenters. The third kappa shape index (κ3) is 2.09. The summed E-state index contributed by atoms with van der Waals surface area (Å²) >= 11 is 0. The van der Waals surface area contributed by atoms with Crippen molar-refractivity contribution in [3.63, 3.8) is 0 Å². The zero-order valence-corrected chi connectivity index (χ0v) is 10.8. The van der Waals surface area contributed by atoms with E-state index in [9.17, 15) is 0 Å². The van der Waals surface area contributed by atoms with Crippen LogP contribution in [0.1, 0.15) is 36.9 Å². The monoisotopic (exact) mass is 255 g/mol. The van der Waals surface area contributed by atoms with Gasteiger partial charge < -0.3 is 4.90 Å². The molecule has 0 bridgehead atoms. The Labute approximate surface area is 112 Å². The summed E-state index contributed by atoms with van der Waals surface area (Å²) in [5.74, 6) is 1.76. The Bertz CT molecular complexity index is 561. The highest BCUT2D eigenvalue weighted by Crippen LogP contribution is 2.39. The van der Waals surface area contributed by atoms with E-state index in [4.69, 9.17) is 0 Å². The molecule has 4 rings (SSSR count). The summed E-state index contributed by atoms with van der Waals surface area (Å²) in [6, 6.07) is 4.62. The lowest BCUT2D eigenvalue weighted by Crippen LogP contribution is -2.22. The molecule has 98 valence electrons. The van der Waals surface area contributed by atoms with E-state index in [1.807, 2.05) is 18.5 Å². The zero-order chi connectivity index (χ0) is 12.7. The van der Waals surface area contributed by atoms with Gasteiger partial charge in [-0.25, -0.2) is 9.97 Å². The predicted octanol–water partition coefficient (Wildman–Crippen LogP) is 2.00. The van der Waals surface area contributed by atoms with Gasteiger partial charge in [-0.05, 0) is 25.3 Å². The van der Waals surface area contributed by atoms with Gasteiger partial charge in [0.1, 0.15) is 12.1 Å². The van der Waals surface area contributed by atoms with Gasteiger partial charge in [0, 0.05) is 43.2 Å². The van der Waals surface area contributed by atoms with E-state index in [0.29, 0.717) is 12.0 Å². The van der Waals surface area contributed by atoms with Gasteiger partial charge in [-0.15, -0.1) is 0 Å². The summed E-state index contributed by atoms with van der Waals surface area (Å²) in [6.07, 6.45) is 9.30. The summed E-state index contributed by atoms with van der Waals surface area (Å²) in [7, 11) is 0. The van der Waals surface area contributed by atoms with Crippen molar-refractivity contribution in [3.05, 3.63) is 36.5 Å². The SMILES string of the molecule is c1cnn(C2CCN(c3cc(C4CC4)ncn3)C2)c1. The zero-order valence-electron chi connectivity index (χ0n) is 10.8. The minimum atomic E-state index is 0.467. The minimum Gasteiger partial charge on any atom is -0.354 e. The Balaban J connectivity index is 1.52. The van der Waals surface area contributed by atoms with Gasteiger partial charge in [0.15, 0.2) is 0 Å². The first-order valence-electron chi connectivity index (χ1n) is 6.96. The molecule has 0 N–H and O–H groups in total. The standard InChI is InChI=1S/C14H17N5/c1-5-17-19(6-1)12-4-7-18(9-12)14-8-13(11-2-3-11)15-10-16-14/h1,5-6,8,10-12H,2-4,7,9H2. The van der Waals surface area contributed by atoms with Crippen molar-refractivity contribution in [3.8, 4) is 0 Å². The molecule has 0 aromatic carbocycles. The highest BCUT2D eigenvalue weighted by Gasteiger charge is 2.28. The number of aromatic nitrogens is 4. The maximum Gasteiger partial charge on any atom is 0.132 e. The van der Waals surface area contributed by atoms with Crippen molar-refractivity contribution in [1.82, 2.24) is 19.7 Å². The summed E-state index contributed by atoms with van der Waals surface area (Å²) < 4.78 is 2.06. The third-order valence-electron chi connectivity index (χ3n) is 4.06. The van der Waals surface area contributed by atoms with E-state index in [0.717, 1.165) is 25.3 Å². The molecule has 1 unspecified atom stereocenters. The van der Waals surface area contributed by atoms with Crippen LogP contribution < -0.4 is 4.90 Å². The molecule has 1 aliphatic heterocycles. The van der Waals surface area contributed by atoms with Crippen molar-refractivity contribution in [2.24, 2.45) is 0 Å². The number of rotatable bonds is 3. The van der Waals surface area contributed by atoms with Crippen molar-refractivity contribution < 1.29 is 0 Å². The smallest absolute Gasteiger partial charge is 0.132 e. The average Bonchev–Trinajstić information content (AvgIpc) is 2.96. The van der Waals surface area contributed by atoms with Gasteiger partial charge in [-0.3, -0.25) is 4.68 Å². The van der Waals surface area contributed by atoms with E-state index < -0.39 is 0 Å². The molecule has 3 heterocycles. The van der Waals surface area contributed by atoms with Gasteiger partial charge in [-0.2, -0.15) is 5.10 Å². The molecule has 5 heteroatoms. The molecule has 2 aromatic rings. The van der Waals surface area contributed by atoms with Crippen molar-refractivity contribution >= 4 is 5.82 Å². The van der Waals surface area contributed by atoms with E-state index >= 15 is 0 Å². The Morgan fingerprint density at radius 3 is 2.89 bits per heavy atom. The van der Waals surface area contributed by atoms with Crippen molar-refractivity contribution in [2.75, 3.05) is 18.0 Å². The Hall–Kier alpha value is -1.91. The molecule has 1 saturated heterocycles. The molecule has 5 nitrogen and oxygen atoms in total. The second kappa shape index (κ2) is 4.33. The molecule has 2 aromatic heterocycles. The van der Waals surface area contributed by atoms with E-state index in [1.165, 1.54) is 18.5 Å². The fourth-order valence-corrected chi connectivity index (χ4v) is 2.80. The first-order valence-corrected chi connectivity index (χ1v) is 6.96. The Morgan fingerprint density at radius 2 is 2.11 bits per heavy atom. The summed E-state index contributed by atoms with van der Waals surface area (Å²) in [5, 5.41) is 4.34. The molecule has 2 aliphatic rings. The summed E-state index contributed by atoms with van der Waals surface area (Å²) in [6.45, 7) is 2.04. The molecule has 0 radical (unpaired) electrons. The molecule has 1 aliphatic carbocycles. The van der Waals surface area contributed by atoms with E-state index in [1.54, 1.807) is 6.33 Å². The molecule has 0 spiro atoms. The third-order valence-corrected chi connectivity index (χ3v) is 4.06. The lowest BCUT2D eigenvalue weighted by Gasteiger charge is -2.18. The molecular weight excluding hydrogens is 238 g/mol. The maximum atomic E-state index is 4.43. The maximum absolute atomic E-state index is 4.43. The summed E-state index contributed by atoms with van der Waals surface area (Å²) in [5.41, 5.74) is 1.22. The van der Waals surface area contributed by atoms with Gasteiger partial charge in [-0.1, -0.05) is 0 Å². The van der Waals surface area contributed by atoms with Crippen LogP contribution >= 0.6 is 0 Å². The van der Waals surface area contributed by atoms with Crippen molar-refractivity contribution in [1.29, 1.82) is 0 Å². The van der Waals surface area contributed by atoms with Gasteiger partial charge >= 0.3 is 0 Å².